The molecule has 1 aromatic carbocycles. The number of fused-ring (bicyclic) bond motifs is 1. The van der Waals surface area contributed by atoms with E-state index in [1.807, 2.05) is 15.8 Å². The first-order valence-corrected chi connectivity index (χ1v) is 12.1. The standard InChI is InChI=1S/C25H23F4N7O2/c1-13-31-21-20(17-6-3-15(9-18(17)26)25(27,28)29)32-24(33-22(21)23(37)34(13)2)35-7-8-38-19(12-35)14-10-30-36(11-14)16-4-5-16/h3,6,9-11,16,19H,4-5,7-8,12H2,1-2H3/t19-/m1/s1. The zero-order chi connectivity index (χ0) is 26.8. The first kappa shape index (κ1) is 24.5. The molecule has 1 aliphatic carbocycles. The van der Waals surface area contributed by atoms with Crippen LogP contribution in [0.1, 0.15) is 41.9 Å². The normalized spacial score (nSPS) is 18.4. The number of aryl methyl sites for hydroxylation is 1. The third-order valence-electron chi connectivity index (χ3n) is 6.95. The fraction of sp³-hybridized carbons (Fsp3) is 0.400. The van der Waals surface area contributed by atoms with Crippen LogP contribution in [0.5, 0.6) is 0 Å². The van der Waals surface area contributed by atoms with Crippen LogP contribution in [0.3, 0.4) is 0 Å². The van der Waals surface area contributed by atoms with E-state index in [0.29, 0.717) is 37.6 Å². The molecule has 1 aliphatic heterocycles. The summed E-state index contributed by atoms with van der Waals surface area (Å²) in [6.45, 7) is 2.68. The zero-order valence-corrected chi connectivity index (χ0v) is 20.5. The molecule has 0 radical (unpaired) electrons. The number of alkyl halides is 3. The third-order valence-corrected chi connectivity index (χ3v) is 6.95. The van der Waals surface area contributed by atoms with Gasteiger partial charge >= 0.3 is 6.18 Å². The van der Waals surface area contributed by atoms with Gasteiger partial charge in [-0.05, 0) is 38.0 Å². The summed E-state index contributed by atoms with van der Waals surface area (Å²) in [6.07, 6.45) is 0.864. The molecule has 4 aromatic rings. The number of ether oxygens (including phenoxy) is 1. The van der Waals surface area contributed by atoms with Gasteiger partial charge in [0.05, 0.1) is 31.0 Å². The Morgan fingerprint density at radius 1 is 1.11 bits per heavy atom. The maximum Gasteiger partial charge on any atom is 0.416 e. The molecule has 4 heterocycles. The van der Waals surface area contributed by atoms with Crippen molar-refractivity contribution >= 4 is 17.0 Å². The van der Waals surface area contributed by atoms with Crippen molar-refractivity contribution in [2.75, 3.05) is 24.6 Å². The maximum atomic E-state index is 15.1. The van der Waals surface area contributed by atoms with Gasteiger partial charge in [-0.2, -0.15) is 18.3 Å². The van der Waals surface area contributed by atoms with Crippen molar-refractivity contribution in [3.05, 3.63) is 63.7 Å². The monoisotopic (exact) mass is 529 g/mol. The van der Waals surface area contributed by atoms with E-state index in [0.717, 1.165) is 30.5 Å². The minimum Gasteiger partial charge on any atom is -0.370 e. The van der Waals surface area contributed by atoms with Gasteiger partial charge in [-0.1, -0.05) is 0 Å². The Labute approximate surface area is 213 Å². The predicted molar refractivity (Wildman–Crippen MR) is 129 cm³/mol. The summed E-state index contributed by atoms with van der Waals surface area (Å²) in [6, 6.07) is 2.62. The molecule has 1 saturated heterocycles. The van der Waals surface area contributed by atoms with Crippen molar-refractivity contribution in [1.29, 1.82) is 0 Å². The number of aromatic nitrogens is 6. The second-order valence-electron chi connectivity index (χ2n) is 9.58. The molecular weight excluding hydrogens is 506 g/mol. The lowest BCUT2D eigenvalue weighted by Gasteiger charge is -2.32. The number of halogens is 4. The summed E-state index contributed by atoms with van der Waals surface area (Å²) in [4.78, 5) is 28.4. The Kier molecular flexibility index (Phi) is 5.70. The second-order valence-corrected chi connectivity index (χ2v) is 9.58. The van der Waals surface area contributed by atoms with Gasteiger partial charge in [0.1, 0.15) is 29.0 Å². The smallest absolute Gasteiger partial charge is 0.370 e. The molecule has 0 spiro atoms. The lowest BCUT2D eigenvalue weighted by atomic mass is 10.1. The minimum atomic E-state index is -4.71. The Morgan fingerprint density at radius 2 is 1.89 bits per heavy atom. The highest BCUT2D eigenvalue weighted by atomic mass is 19.4. The summed E-state index contributed by atoms with van der Waals surface area (Å²) < 4.78 is 63.8. The zero-order valence-electron chi connectivity index (χ0n) is 20.5. The van der Waals surface area contributed by atoms with E-state index >= 15 is 4.39 Å². The van der Waals surface area contributed by atoms with Crippen LogP contribution in [0, 0.1) is 12.7 Å². The molecule has 0 amide bonds. The van der Waals surface area contributed by atoms with Crippen LogP contribution in [0.2, 0.25) is 0 Å². The third kappa shape index (κ3) is 4.30. The van der Waals surface area contributed by atoms with E-state index in [1.165, 1.54) is 11.6 Å². The van der Waals surface area contributed by atoms with Gasteiger partial charge in [-0.3, -0.25) is 14.0 Å². The molecular formula is C25H23F4N7O2. The van der Waals surface area contributed by atoms with Crippen molar-refractivity contribution in [3.63, 3.8) is 0 Å². The van der Waals surface area contributed by atoms with E-state index < -0.39 is 23.1 Å². The fourth-order valence-corrected chi connectivity index (χ4v) is 4.54. The van der Waals surface area contributed by atoms with Gasteiger partial charge in [0.25, 0.3) is 5.56 Å². The van der Waals surface area contributed by atoms with Gasteiger partial charge in [-0.15, -0.1) is 0 Å². The summed E-state index contributed by atoms with van der Waals surface area (Å²) in [7, 11) is 1.53. The van der Waals surface area contributed by atoms with Gasteiger partial charge in [-0.25, -0.2) is 19.3 Å². The number of hydrogen-bond acceptors (Lipinski definition) is 7. The van der Waals surface area contributed by atoms with Crippen LogP contribution in [0.15, 0.2) is 35.4 Å². The van der Waals surface area contributed by atoms with Crippen LogP contribution in [-0.4, -0.2) is 49.0 Å². The first-order valence-electron chi connectivity index (χ1n) is 12.1. The van der Waals surface area contributed by atoms with Gasteiger partial charge in [0, 0.05) is 30.9 Å². The SMILES string of the molecule is Cc1nc2c(-c3ccc(C(F)(F)F)cc3F)nc(N3CCO[C@@H](c4cnn(C5CC5)c4)C3)nc2c(=O)n1C. The molecule has 2 fully saturated rings. The summed E-state index contributed by atoms with van der Waals surface area (Å²) >= 11 is 0. The largest absolute Gasteiger partial charge is 0.416 e. The molecule has 0 bridgehead atoms. The van der Waals surface area contributed by atoms with Gasteiger partial charge in [0.2, 0.25) is 5.95 Å². The molecule has 2 aliphatic rings. The van der Waals surface area contributed by atoms with Crippen molar-refractivity contribution in [2.24, 2.45) is 7.05 Å². The number of benzene rings is 1. The Morgan fingerprint density at radius 3 is 2.61 bits per heavy atom. The predicted octanol–water partition coefficient (Wildman–Crippen LogP) is 3.97. The summed E-state index contributed by atoms with van der Waals surface area (Å²) in [5.41, 5.74) is -1.00. The molecule has 1 saturated carbocycles. The number of nitrogens with zero attached hydrogens (tertiary/aromatic N) is 7. The Hall–Kier alpha value is -3.87. The lowest BCUT2D eigenvalue weighted by molar-refractivity contribution is -0.137. The molecule has 198 valence electrons. The highest BCUT2D eigenvalue weighted by molar-refractivity contribution is 5.89. The molecule has 0 N–H and O–H groups in total. The van der Waals surface area contributed by atoms with Crippen LogP contribution in [0.25, 0.3) is 22.3 Å². The summed E-state index contributed by atoms with van der Waals surface area (Å²) in [5, 5.41) is 4.42. The highest BCUT2D eigenvalue weighted by Gasteiger charge is 2.33. The minimum absolute atomic E-state index is 0.0172. The van der Waals surface area contributed by atoms with Crippen LogP contribution in [-0.2, 0) is 18.0 Å². The summed E-state index contributed by atoms with van der Waals surface area (Å²) in [5.74, 6) is -0.665. The molecule has 0 unspecified atom stereocenters. The number of morpholine rings is 1. The molecule has 13 heteroatoms. The number of anilines is 1. The van der Waals surface area contributed by atoms with Crippen molar-refractivity contribution in [3.8, 4) is 11.3 Å². The quantitative estimate of drug-likeness (QED) is 0.370. The van der Waals surface area contributed by atoms with Crippen molar-refractivity contribution in [2.45, 2.75) is 38.1 Å². The van der Waals surface area contributed by atoms with Crippen molar-refractivity contribution in [1.82, 2.24) is 29.3 Å². The van der Waals surface area contributed by atoms with E-state index in [4.69, 9.17) is 4.74 Å². The van der Waals surface area contributed by atoms with Gasteiger partial charge in [0.15, 0.2) is 5.52 Å². The van der Waals surface area contributed by atoms with E-state index in [9.17, 15) is 18.0 Å². The number of rotatable bonds is 4. The topological polar surface area (TPSA) is 91.0 Å². The van der Waals surface area contributed by atoms with Crippen molar-refractivity contribution < 1.29 is 22.3 Å². The lowest BCUT2D eigenvalue weighted by Crippen LogP contribution is -2.39. The average molecular weight is 529 g/mol. The maximum absolute atomic E-state index is 15.1. The Bertz CT molecular complexity index is 1610. The molecule has 9 nitrogen and oxygen atoms in total. The van der Waals surface area contributed by atoms with E-state index in [1.54, 1.807) is 13.1 Å². The first-order chi connectivity index (χ1) is 18.1. The second kappa shape index (κ2) is 8.86. The Balaban J connectivity index is 1.45. The molecule has 6 rings (SSSR count). The molecule has 38 heavy (non-hydrogen) atoms. The highest BCUT2D eigenvalue weighted by Crippen LogP contribution is 2.36. The van der Waals surface area contributed by atoms with Crippen LogP contribution < -0.4 is 10.5 Å². The van der Waals surface area contributed by atoms with E-state index in [-0.39, 0.29) is 34.3 Å². The molecule has 3 aromatic heterocycles. The van der Waals surface area contributed by atoms with Gasteiger partial charge < -0.3 is 9.64 Å². The average Bonchev–Trinajstić information content (AvgIpc) is 3.63. The fourth-order valence-electron chi connectivity index (χ4n) is 4.54. The van der Waals surface area contributed by atoms with E-state index in [2.05, 4.69) is 20.1 Å². The van der Waals surface area contributed by atoms with Crippen LogP contribution in [0.4, 0.5) is 23.5 Å². The number of hydrogen-bond donors (Lipinski definition) is 0. The molecule has 1 atom stereocenters. The van der Waals surface area contributed by atoms with Crippen LogP contribution >= 0.6 is 0 Å².